The van der Waals surface area contributed by atoms with Gasteiger partial charge in [-0.25, -0.2) is 13.2 Å². The van der Waals surface area contributed by atoms with E-state index in [1.807, 2.05) is 0 Å². The maximum absolute atomic E-state index is 12.1. The summed E-state index contributed by atoms with van der Waals surface area (Å²) in [4.78, 5) is 23.6. The van der Waals surface area contributed by atoms with Crippen LogP contribution in [0.15, 0.2) is 0 Å². The number of nitrogens with one attached hydrogen (secondary N) is 1. The number of rotatable bonds is 4. The minimum Gasteiger partial charge on any atom is -0.480 e. The van der Waals surface area contributed by atoms with Gasteiger partial charge in [0.2, 0.25) is 5.91 Å². The average molecular weight is 317 g/mol. The third-order valence-corrected chi connectivity index (χ3v) is 6.55. The largest absolute Gasteiger partial charge is 0.480 e. The molecule has 2 rings (SSSR count). The lowest BCUT2D eigenvalue weighted by Gasteiger charge is -2.36. The zero-order valence-electron chi connectivity index (χ0n) is 12.3. The first kappa shape index (κ1) is 16.3. The molecule has 1 aliphatic carbocycles. The highest BCUT2D eigenvalue weighted by atomic mass is 32.2. The molecule has 0 bridgehead atoms. The van der Waals surface area contributed by atoms with Crippen LogP contribution in [0, 0.1) is 11.8 Å². The van der Waals surface area contributed by atoms with Gasteiger partial charge in [-0.1, -0.05) is 6.92 Å². The number of carboxylic acids is 1. The molecule has 1 amide bonds. The molecule has 1 heterocycles. The van der Waals surface area contributed by atoms with Crippen molar-refractivity contribution in [3.05, 3.63) is 0 Å². The number of hydrogen-bond donors (Lipinski definition) is 2. The fraction of sp³-hybridized carbons (Fsp3) is 0.857. The summed E-state index contributed by atoms with van der Waals surface area (Å²) in [5.41, 5.74) is -1.17. The number of carboxylic acid groups (broad SMARTS) is 1. The topological polar surface area (TPSA) is 101 Å². The summed E-state index contributed by atoms with van der Waals surface area (Å²) in [6.45, 7) is 2.08. The Morgan fingerprint density at radius 2 is 1.86 bits per heavy atom. The molecule has 1 saturated carbocycles. The zero-order valence-corrected chi connectivity index (χ0v) is 13.1. The Balaban J connectivity index is 1.95. The molecule has 1 aliphatic heterocycles. The van der Waals surface area contributed by atoms with E-state index in [0.29, 0.717) is 25.2 Å². The van der Waals surface area contributed by atoms with Crippen molar-refractivity contribution in [3.63, 3.8) is 0 Å². The number of carbonyl (C=O) groups excluding carboxylic acids is 1. The van der Waals surface area contributed by atoms with E-state index in [2.05, 4.69) is 12.2 Å². The molecule has 120 valence electrons. The lowest BCUT2D eigenvalue weighted by atomic mass is 9.77. The van der Waals surface area contributed by atoms with Gasteiger partial charge in [-0.3, -0.25) is 4.79 Å². The SMILES string of the molecule is CC1CCC(NC(=O)C[C@H]2CCS(=O)(=O)C2)(C(=O)O)CC1. The van der Waals surface area contributed by atoms with Crippen molar-refractivity contribution < 1.29 is 23.1 Å². The van der Waals surface area contributed by atoms with Gasteiger partial charge in [-0.05, 0) is 43.9 Å². The predicted octanol–water partition coefficient (Wildman–Crippen LogP) is 0.961. The second kappa shape index (κ2) is 5.94. The van der Waals surface area contributed by atoms with Crippen LogP contribution < -0.4 is 5.32 Å². The Morgan fingerprint density at radius 3 is 2.33 bits per heavy atom. The Labute approximate surface area is 125 Å². The summed E-state index contributed by atoms with van der Waals surface area (Å²) in [6.07, 6.45) is 3.04. The molecule has 2 N–H and O–H groups in total. The van der Waals surface area contributed by atoms with Crippen LogP contribution in [0.5, 0.6) is 0 Å². The van der Waals surface area contributed by atoms with Crippen molar-refractivity contribution in [1.29, 1.82) is 0 Å². The summed E-state index contributed by atoms with van der Waals surface area (Å²) in [6, 6.07) is 0. The molecule has 21 heavy (non-hydrogen) atoms. The van der Waals surface area contributed by atoms with E-state index in [1.54, 1.807) is 0 Å². The molecule has 6 nitrogen and oxygen atoms in total. The fourth-order valence-corrected chi connectivity index (χ4v) is 5.12. The van der Waals surface area contributed by atoms with Crippen molar-refractivity contribution in [1.82, 2.24) is 5.32 Å². The number of aliphatic carboxylic acids is 1. The standard InChI is InChI=1S/C14H23NO5S/c1-10-2-5-14(6-3-10,13(17)18)15-12(16)8-11-4-7-21(19,20)9-11/h10-11H,2-9H2,1H3,(H,15,16)(H,17,18)/t10?,11-,14?/m1/s1. The van der Waals surface area contributed by atoms with Gasteiger partial charge in [-0.2, -0.15) is 0 Å². The van der Waals surface area contributed by atoms with Gasteiger partial charge < -0.3 is 10.4 Å². The molecule has 0 radical (unpaired) electrons. The molecule has 1 atom stereocenters. The molecule has 0 spiro atoms. The number of carbonyl (C=O) groups is 2. The maximum atomic E-state index is 12.1. The molecule has 0 aromatic heterocycles. The lowest BCUT2D eigenvalue weighted by molar-refractivity contribution is -0.149. The highest BCUT2D eigenvalue weighted by Gasteiger charge is 2.43. The third-order valence-electron chi connectivity index (χ3n) is 4.72. The van der Waals surface area contributed by atoms with Gasteiger partial charge in [0, 0.05) is 6.42 Å². The van der Waals surface area contributed by atoms with Crippen LogP contribution in [-0.2, 0) is 19.4 Å². The summed E-state index contributed by atoms with van der Waals surface area (Å²) < 4.78 is 22.8. The summed E-state index contributed by atoms with van der Waals surface area (Å²) in [5, 5.41) is 12.1. The van der Waals surface area contributed by atoms with E-state index in [9.17, 15) is 23.1 Å². The van der Waals surface area contributed by atoms with Gasteiger partial charge in [-0.15, -0.1) is 0 Å². The van der Waals surface area contributed by atoms with Crippen LogP contribution >= 0.6 is 0 Å². The zero-order chi connectivity index (χ0) is 15.7. The Kier molecular flexibility index (Phi) is 4.60. The molecule has 0 unspecified atom stereocenters. The number of sulfone groups is 1. The van der Waals surface area contributed by atoms with Crippen molar-refractivity contribution in [3.8, 4) is 0 Å². The van der Waals surface area contributed by atoms with Crippen molar-refractivity contribution in [2.24, 2.45) is 11.8 Å². The normalized spacial score (nSPS) is 35.3. The second-order valence-electron chi connectivity index (χ2n) is 6.59. The lowest BCUT2D eigenvalue weighted by Crippen LogP contribution is -2.56. The quantitative estimate of drug-likeness (QED) is 0.804. The highest BCUT2D eigenvalue weighted by Crippen LogP contribution is 2.32. The van der Waals surface area contributed by atoms with Gasteiger partial charge in [0.05, 0.1) is 11.5 Å². The van der Waals surface area contributed by atoms with Gasteiger partial charge in [0.15, 0.2) is 9.84 Å². The Morgan fingerprint density at radius 1 is 1.24 bits per heavy atom. The Hall–Kier alpha value is -1.11. The van der Waals surface area contributed by atoms with E-state index >= 15 is 0 Å². The Bertz CT molecular complexity index is 519. The second-order valence-corrected chi connectivity index (χ2v) is 8.82. The third kappa shape index (κ3) is 3.96. The number of amides is 1. The van der Waals surface area contributed by atoms with Crippen LogP contribution in [0.3, 0.4) is 0 Å². The summed E-state index contributed by atoms with van der Waals surface area (Å²) >= 11 is 0. The first-order chi connectivity index (χ1) is 9.72. The maximum Gasteiger partial charge on any atom is 0.329 e. The van der Waals surface area contributed by atoms with Gasteiger partial charge in [0.25, 0.3) is 0 Å². The van der Waals surface area contributed by atoms with Gasteiger partial charge in [0.1, 0.15) is 5.54 Å². The minimum absolute atomic E-state index is 0.0392. The monoisotopic (exact) mass is 317 g/mol. The summed E-state index contributed by atoms with van der Waals surface area (Å²) in [5.74, 6) is -0.849. The smallest absolute Gasteiger partial charge is 0.329 e. The van der Waals surface area contributed by atoms with Crippen LogP contribution in [0.1, 0.15) is 45.4 Å². The molecule has 2 aliphatic rings. The molecule has 0 aromatic carbocycles. The first-order valence-corrected chi connectivity index (χ1v) is 9.29. The van der Waals surface area contributed by atoms with Crippen LogP contribution in [0.2, 0.25) is 0 Å². The average Bonchev–Trinajstić information content (AvgIpc) is 2.71. The molecule has 7 heteroatoms. The molecular formula is C14H23NO5S. The highest BCUT2D eigenvalue weighted by molar-refractivity contribution is 7.91. The van der Waals surface area contributed by atoms with Crippen molar-refractivity contribution >= 4 is 21.7 Å². The van der Waals surface area contributed by atoms with Crippen LogP contribution in [0.25, 0.3) is 0 Å². The van der Waals surface area contributed by atoms with E-state index in [4.69, 9.17) is 0 Å². The number of hydrogen-bond acceptors (Lipinski definition) is 4. The van der Waals surface area contributed by atoms with E-state index in [1.165, 1.54) is 0 Å². The van der Waals surface area contributed by atoms with Crippen LogP contribution in [-0.4, -0.2) is 42.4 Å². The van der Waals surface area contributed by atoms with Crippen molar-refractivity contribution in [2.45, 2.75) is 51.0 Å². The predicted molar refractivity (Wildman–Crippen MR) is 77.5 cm³/mol. The van der Waals surface area contributed by atoms with Crippen LogP contribution in [0.4, 0.5) is 0 Å². The molecule has 0 aromatic rings. The fourth-order valence-electron chi connectivity index (χ4n) is 3.26. The van der Waals surface area contributed by atoms with E-state index < -0.39 is 21.3 Å². The van der Waals surface area contributed by atoms with E-state index in [0.717, 1.165) is 12.8 Å². The molecular weight excluding hydrogens is 294 g/mol. The summed E-state index contributed by atoms with van der Waals surface area (Å²) in [7, 11) is -3.01. The molecule has 2 fully saturated rings. The first-order valence-electron chi connectivity index (χ1n) is 7.47. The van der Waals surface area contributed by atoms with Gasteiger partial charge >= 0.3 is 5.97 Å². The van der Waals surface area contributed by atoms with Crippen molar-refractivity contribution in [2.75, 3.05) is 11.5 Å². The van der Waals surface area contributed by atoms with E-state index in [-0.39, 0.29) is 29.8 Å². The minimum atomic E-state index is -3.01. The molecule has 1 saturated heterocycles.